The Morgan fingerprint density at radius 2 is 1.61 bits per heavy atom. The summed E-state index contributed by atoms with van der Waals surface area (Å²) in [6.07, 6.45) is 7.39. The zero-order valence-electron chi connectivity index (χ0n) is 19.9. The smallest absolute Gasteiger partial charge is 0.303 e. The van der Waals surface area contributed by atoms with Crippen molar-refractivity contribution < 1.29 is 4.74 Å². The number of fused-ring (bicyclic) bond motifs is 1. The molecule has 0 fully saturated rings. The Balaban J connectivity index is 1.46. The van der Waals surface area contributed by atoms with E-state index in [0.29, 0.717) is 12.6 Å². The Hall–Kier alpha value is -4.85. The van der Waals surface area contributed by atoms with Gasteiger partial charge in [-0.05, 0) is 74.5 Å². The summed E-state index contributed by atoms with van der Waals surface area (Å²) < 4.78 is 9.79. The summed E-state index contributed by atoms with van der Waals surface area (Å²) in [5, 5.41) is 0. The third kappa shape index (κ3) is 3.88. The highest BCUT2D eigenvalue weighted by Crippen LogP contribution is 2.30. The molecular formula is C28H23N7O. The molecule has 5 aromatic heterocycles. The molecule has 0 bridgehead atoms. The van der Waals surface area contributed by atoms with Gasteiger partial charge in [-0.15, -0.1) is 0 Å². The number of hydrogen-bond acceptors (Lipinski definition) is 6. The molecule has 0 unspecified atom stereocenters. The second kappa shape index (κ2) is 9.07. The fourth-order valence-electron chi connectivity index (χ4n) is 4.13. The van der Waals surface area contributed by atoms with Gasteiger partial charge in [0.1, 0.15) is 17.0 Å². The minimum atomic E-state index is 0.514. The summed E-state index contributed by atoms with van der Waals surface area (Å²) in [7, 11) is 0. The van der Waals surface area contributed by atoms with Crippen molar-refractivity contribution in [3.05, 3.63) is 97.2 Å². The summed E-state index contributed by atoms with van der Waals surface area (Å²) in [6.45, 7) is 4.43. The highest BCUT2D eigenvalue weighted by atomic mass is 16.5. The van der Waals surface area contributed by atoms with Crippen LogP contribution in [-0.4, -0.2) is 40.7 Å². The molecule has 0 saturated carbocycles. The van der Waals surface area contributed by atoms with Crippen molar-refractivity contribution in [2.45, 2.75) is 13.8 Å². The lowest BCUT2D eigenvalue weighted by Crippen LogP contribution is -2.02. The summed E-state index contributed by atoms with van der Waals surface area (Å²) in [4.78, 5) is 23.1. The number of aryl methyl sites for hydroxylation is 1. The summed E-state index contributed by atoms with van der Waals surface area (Å²) >= 11 is 0. The number of hydrogen-bond donors (Lipinski definition) is 0. The van der Waals surface area contributed by atoms with Gasteiger partial charge in [-0.3, -0.25) is 14.5 Å². The van der Waals surface area contributed by atoms with Gasteiger partial charge >= 0.3 is 6.01 Å². The van der Waals surface area contributed by atoms with Gasteiger partial charge < -0.3 is 4.74 Å². The van der Waals surface area contributed by atoms with E-state index in [4.69, 9.17) is 9.72 Å². The first-order valence-electron chi connectivity index (χ1n) is 11.7. The van der Waals surface area contributed by atoms with Crippen LogP contribution in [-0.2, 0) is 0 Å². The molecule has 0 spiro atoms. The number of pyridine rings is 3. The van der Waals surface area contributed by atoms with Crippen LogP contribution in [0.2, 0.25) is 0 Å². The highest BCUT2D eigenvalue weighted by molar-refractivity contribution is 5.75. The van der Waals surface area contributed by atoms with Gasteiger partial charge in [0.2, 0.25) is 0 Å². The van der Waals surface area contributed by atoms with Gasteiger partial charge in [0.25, 0.3) is 0 Å². The number of nitrogens with zero attached hydrogens (tertiary/aromatic N) is 7. The standard InChI is InChI=1S/C28H23N7O/c1-3-36-28-33-24-8-6-16-30-27(24)35(28)21-13-10-20(11-14-21)26-32-25(23-7-4-5-15-29-23)18-34(26)22-12-9-19(2)31-17-22/h4-18H,3H2,1-2H3. The third-order valence-corrected chi connectivity index (χ3v) is 5.85. The van der Waals surface area contributed by atoms with E-state index in [1.54, 1.807) is 12.4 Å². The van der Waals surface area contributed by atoms with Crippen molar-refractivity contribution in [2.24, 2.45) is 0 Å². The monoisotopic (exact) mass is 473 g/mol. The van der Waals surface area contributed by atoms with Crippen LogP contribution < -0.4 is 4.74 Å². The predicted molar refractivity (Wildman–Crippen MR) is 138 cm³/mol. The summed E-state index contributed by atoms with van der Waals surface area (Å²) in [5.41, 5.74) is 6.88. The maximum atomic E-state index is 5.81. The first-order chi connectivity index (χ1) is 17.7. The molecule has 0 amide bonds. The SMILES string of the molecule is CCOc1nc2cccnc2n1-c1ccc(-c2nc(-c3ccccn3)cn2-c2ccc(C)nc2)cc1. The molecule has 1 aromatic carbocycles. The van der Waals surface area contributed by atoms with Crippen LogP contribution in [0.25, 0.3) is 45.3 Å². The molecule has 0 radical (unpaired) electrons. The second-order valence-corrected chi connectivity index (χ2v) is 8.25. The second-order valence-electron chi connectivity index (χ2n) is 8.25. The van der Waals surface area contributed by atoms with E-state index in [2.05, 4.69) is 19.9 Å². The lowest BCUT2D eigenvalue weighted by atomic mass is 10.2. The first kappa shape index (κ1) is 21.7. The molecule has 0 aliphatic heterocycles. The van der Waals surface area contributed by atoms with E-state index < -0.39 is 0 Å². The Morgan fingerprint density at radius 3 is 2.36 bits per heavy atom. The normalized spacial score (nSPS) is 11.2. The summed E-state index contributed by atoms with van der Waals surface area (Å²) in [5.74, 6) is 0.798. The Morgan fingerprint density at radius 1 is 0.778 bits per heavy atom. The van der Waals surface area contributed by atoms with Crippen molar-refractivity contribution in [1.29, 1.82) is 0 Å². The molecule has 176 valence electrons. The van der Waals surface area contributed by atoms with Crippen molar-refractivity contribution >= 4 is 11.2 Å². The lowest BCUT2D eigenvalue weighted by Gasteiger charge is -2.11. The van der Waals surface area contributed by atoms with Crippen LogP contribution in [0.5, 0.6) is 6.01 Å². The van der Waals surface area contributed by atoms with Crippen LogP contribution in [0.15, 0.2) is 91.5 Å². The van der Waals surface area contributed by atoms with E-state index in [9.17, 15) is 0 Å². The average molecular weight is 474 g/mol. The minimum Gasteiger partial charge on any atom is -0.465 e. The Bertz CT molecular complexity index is 1640. The van der Waals surface area contributed by atoms with E-state index >= 15 is 0 Å². The molecular weight excluding hydrogens is 450 g/mol. The lowest BCUT2D eigenvalue weighted by molar-refractivity contribution is 0.309. The molecule has 0 N–H and O–H groups in total. The molecule has 0 aliphatic carbocycles. The van der Waals surface area contributed by atoms with E-state index in [1.807, 2.05) is 102 Å². The van der Waals surface area contributed by atoms with Crippen LogP contribution in [0.4, 0.5) is 0 Å². The van der Waals surface area contributed by atoms with E-state index in [-0.39, 0.29) is 0 Å². The molecule has 0 saturated heterocycles. The van der Waals surface area contributed by atoms with E-state index in [1.165, 1.54) is 0 Å². The number of imidazole rings is 2. The van der Waals surface area contributed by atoms with Crippen LogP contribution in [0.3, 0.4) is 0 Å². The Labute approximate surface area is 207 Å². The van der Waals surface area contributed by atoms with Gasteiger partial charge in [0, 0.05) is 29.8 Å². The molecule has 8 heteroatoms. The fourth-order valence-corrected chi connectivity index (χ4v) is 4.13. The van der Waals surface area contributed by atoms with E-state index in [0.717, 1.165) is 51.0 Å². The van der Waals surface area contributed by atoms with Gasteiger partial charge in [0.05, 0.1) is 29.9 Å². The molecule has 36 heavy (non-hydrogen) atoms. The average Bonchev–Trinajstić information content (AvgIpc) is 3.52. The first-order valence-corrected chi connectivity index (χ1v) is 11.7. The number of benzene rings is 1. The molecule has 6 aromatic rings. The fraction of sp³-hybridized carbons (Fsp3) is 0.107. The predicted octanol–water partition coefficient (Wildman–Crippen LogP) is 5.44. The van der Waals surface area contributed by atoms with Crippen LogP contribution in [0.1, 0.15) is 12.6 Å². The number of ether oxygens (including phenoxy) is 1. The molecule has 6 rings (SSSR count). The number of aromatic nitrogens is 7. The van der Waals surface area contributed by atoms with Crippen molar-refractivity contribution in [3.63, 3.8) is 0 Å². The molecule has 0 atom stereocenters. The van der Waals surface area contributed by atoms with Gasteiger partial charge in [-0.2, -0.15) is 4.98 Å². The quantitative estimate of drug-likeness (QED) is 0.320. The maximum absolute atomic E-state index is 5.81. The topological polar surface area (TPSA) is 83.5 Å². The molecule has 8 nitrogen and oxygen atoms in total. The van der Waals surface area contributed by atoms with Crippen molar-refractivity contribution in [2.75, 3.05) is 6.61 Å². The molecule has 5 heterocycles. The third-order valence-electron chi connectivity index (χ3n) is 5.85. The van der Waals surface area contributed by atoms with Crippen molar-refractivity contribution in [3.8, 4) is 40.2 Å². The van der Waals surface area contributed by atoms with Gasteiger partial charge in [-0.1, -0.05) is 6.07 Å². The van der Waals surface area contributed by atoms with Crippen LogP contribution in [0, 0.1) is 6.92 Å². The van der Waals surface area contributed by atoms with Gasteiger partial charge in [-0.25, -0.2) is 14.5 Å². The minimum absolute atomic E-state index is 0.514. The zero-order chi connectivity index (χ0) is 24.5. The van der Waals surface area contributed by atoms with Crippen molar-refractivity contribution in [1.82, 2.24) is 34.1 Å². The zero-order valence-corrected chi connectivity index (χ0v) is 19.9. The highest BCUT2D eigenvalue weighted by Gasteiger charge is 2.17. The van der Waals surface area contributed by atoms with Crippen LogP contribution >= 0.6 is 0 Å². The van der Waals surface area contributed by atoms with Gasteiger partial charge in [0.15, 0.2) is 5.65 Å². The Kier molecular flexibility index (Phi) is 5.46. The maximum Gasteiger partial charge on any atom is 0.303 e. The summed E-state index contributed by atoms with van der Waals surface area (Å²) in [6, 6.07) is 22.3. The largest absolute Gasteiger partial charge is 0.465 e. The molecule has 0 aliphatic rings. The number of rotatable bonds is 6.